The number of hydrogen-bond acceptors (Lipinski definition) is 3. The van der Waals surface area contributed by atoms with Gasteiger partial charge in [-0.1, -0.05) is 12.2 Å². The fourth-order valence-corrected chi connectivity index (χ4v) is 2.15. The Morgan fingerprint density at radius 2 is 2.00 bits per heavy atom. The molecule has 0 radical (unpaired) electrons. The highest BCUT2D eigenvalue weighted by atomic mass is 32.1. The summed E-state index contributed by atoms with van der Waals surface area (Å²) in [4.78, 5) is 1.71. The zero-order valence-electron chi connectivity index (χ0n) is 10.7. The lowest BCUT2D eigenvalue weighted by atomic mass is 10.1. The molecule has 0 spiro atoms. The van der Waals surface area contributed by atoms with E-state index >= 15 is 0 Å². The fraction of sp³-hybridized carbons (Fsp3) is 0.462. The van der Waals surface area contributed by atoms with Crippen molar-refractivity contribution >= 4 is 22.9 Å². The van der Waals surface area contributed by atoms with E-state index in [4.69, 9.17) is 22.7 Å². The first-order valence-electron chi connectivity index (χ1n) is 6.09. The molecule has 0 bridgehead atoms. The number of thiocarbonyl (C=S) groups is 1. The molecule has 0 atom stereocenters. The van der Waals surface area contributed by atoms with Crippen molar-refractivity contribution in [1.82, 2.24) is 0 Å². The van der Waals surface area contributed by atoms with Crippen LogP contribution in [0.5, 0.6) is 0 Å². The summed E-state index contributed by atoms with van der Waals surface area (Å²) in [6.07, 6.45) is 1.89. The topological polar surface area (TPSA) is 38.5 Å². The fourth-order valence-electron chi connectivity index (χ4n) is 2.03. The summed E-state index contributed by atoms with van der Waals surface area (Å²) in [5, 5.41) is 0. The first-order chi connectivity index (χ1) is 9.04. The Morgan fingerprint density at radius 3 is 2.42 bits per heavy atom. The first kappa shape index (κ1) is 14.1. The predicted octanol–water partition coefficient (Wildman–Crippen LogP) is 2.21. The second kappa shape index (κ2) is 5.79. The molecule has 0 saturated heterocycles. The highest BCUT2D eigenvalue weighted by Crippen LogP contribution is 2.35. The van der Waals surface area contributed by atoms with E-state index in [2.05, 4.69) is 0 Å². The largest absolute Gasteiger partial charge is 0.389 e. The molecule has 104 valence electrons. The number of benzene rings is 1. The predicted molar refractivity (Wildman–Crippen MR) is 74.5 cm³/mol. The standard InChI is InChI=1S/C13H16F2N2OS/c1-18-5-4-17(9-2-3-9)12-10(14)6-8(13(16)19)7-11(12)15/h6-7,9H,2-5H2,1H3,(H2,16,19). The number of halogens is 2. The molecular weight excluding hydrogens is 270 g/mol. The first-order valence-corrected chi connectivity index (χ1v) is 6.50. The molecule has 1 aliphatic carbocycles. The molecule has 0 unspecified atom stereocenters. The quantitative estimate of drug-likeness (QED) is 0.814. The molecule has 19 heavy (non-hydrogen) atoms. The molecule has 1 fully saturated rings. The van der Waals surface area contributed by atoms with Crippen LogP contribution in [0.1, 0.15) is 18.4 Å². The summed E-state index contributed by atoms with van der Waals surface area (Å²) in [6.45, 7) is 0.883. The molecule has 0 aromatic heterocycles. The minimum Gasteiger partial charge on any atom is -0.389 e. The van der Waals surface area contributed by atoms with Gasteiger partial charge in [0.1, 0.15) is 22.3 Å². The Morgan fingerprint density at radius 1 is 1.42 bits per heavy atom. The van der Waals surface area contributed by atoms with Crippen molar-refractivity contribution in [2.24, 2.45) is 5.73 Å². The lowest BCUT2D eigenvalue weighted by Gasteiger charge is -2.25. The van der Waals surface area contributed by atoms with Gasteiger partial charge in [0.05, 0.1) is 6.61 Å². The van der Waals surface area contributed by atoms with E-state index < -0.39 is 11.6 Å². The van der Waals surface area contributed by atoms with Gasteiger partial charge in [0.2, 0.25) is 0 Å². The minimum atomic E-state index is -0.634. The summed E-state index contributed by atoms with van der Waals surface area (Å²) in [6, 6.07) is 2.56. The number of hydrogen-bond donors (Lipinski definition) is 1. The van der Waals surface area contributed by atoms with Crippen LogP contribution in [0.4, 0.5) is 14.5 Å². The normalized spacial score (nSPS) is 14.5. The molecule has 1 saturated carbocycles. The second-order valence-corrected chi connectivity index (χ2v) is 5.01. The van der Waals surface area contributed by atoms with Crippen molar-refractivity contribution in [3.8, 4) is 0 Å². The molecule has 6 heteroatoms. The van der Waals surface area contributed by atoms with Crippen LogP contribution in [-0.4, -0.2) is 31.3 Å². The smallest absolute Gasteiger partial charge is 0.150 e. The molecule has 3 nitrogen and oxygen atoms in total. The summed E-state index contributed by atoms with van der Waals surface area (Å²) in [5.41, 5.74) is 5.59. The van der Waals surface area contributed by atoms with Crippen LogP contribution in [0, 0.1) is 11.6 Å². The Hall–Kier alpha value is -1.27. The van der Waals surface area contributed by atoms with Gasteiger partial charge in [-0.2, -0.15) is 0 Å². The zero-order chi connectivity index (χ0) is 14.0. The van der Waals surface area contributed by atoms with Crippen LogP contribution in [-0.2, 0) is 4.74 Å². The van der Waals surface area contributed by atoms with Gasteiger partial charge in [0.25, 0.3) is 0 Å². The summed E-state index contributed by atoms with van der Waals surface area (Å²) >= 11 is 4.74. The lowest BCUT2D eigenvalue weighted by molar-refractivity contribution is 0.204. The monoisotopic (exact) mass is 286 g/mol. The van der Waals surface area contributed by atoms with Crippen LogP contribution >= 0.6 is 12.2 Å². The van der Waals surface area contributed by atoms with Crippen LogP contribution in [0.15, 0.2) is 12.1 Å². The highest BCUT2D eigenvalue weighted by Gasteiger charge is 2.32. The second-order valence-electron chi connectivity index (χ2n) is 4.57. The lowest BCUT2D eigenvalue weighted by Crippen LogP contribution is -2.31. The van der Waals surface area contributed by atoms with Crippen molar-refractivity contribution in [3.05, 3.63) is 29.3 Å². The number of rotatable bonds is 6. The maximum atomic E-state index is 14.1. The molecule has 0 amide bonds. The Kier molecular flexibility index (Phi) is 4.31. The van der Waals surface area contributed by atoms with Gasteiger partial charge in [0.15, 0.2) is 0 Å². The summed E-state index contributed by atoms with van der Waals surface area (Å²) < 4.78 is 33.2. The van der Waals surface area contributed by atoms with Gasteiger partial charge >= 0.3 is 0 Å². The van der Waals surface area contributed by atoms with E-state index in [-0.39, 0.29) is 22.3 Å². The number of methoxy groups -OCH3 is 1. The van der Waals surface area contributed by atoms with Crippen LogP contribution in [0.3, 0.4) is 0 Å². The Labute approximate surface area is 116 Å². The van der Waals surface area contributed by atoms with E-state index in [1.165, 1.54) is 12.1 Å². The molecule has 1 aromatic rings. The van der Waals surface area contributed by atoms with Crippen LogP contribution in [0.2, 0.25) is 0 Å². The van der Waals surface area contributed by atoms with Crippen molar-refractivity contribution in [1.29, 1.82) is 0 Å². The van der Waals surface area contributed by atoms with E-state index in [9.17, 15) is 8.78 Å². The average molecular weight is 286 g/mol. The van der Waals surface area contributed by atoms with Crippen LogP contribution in [0.25, 0.3) is 0 Å². The van der Waals surface area contributed by atoms with Gasteiger partial charge in [0, 0.05) is 25.3 Å². The SMILES string of the molecule is COCCN(c1c(F)cc(C(N)=S)cc1F)C1CC1. The third kappa shape index (κ3) is 3.19. The molecule has 1 aromatic carbocycles. The third-order valence-electron chi connectivity index (χ3n) is 3.11. The van der Waals surface area contributed by atoms with Crippen molar-refractivity contribution < 1.29 is 13.5 Å². The summed E-state index contributed by atoms with van der Waals surface area (Å²) in [5.74, 6) is -1.27. The van der Waals surface area contributed by atoms with Gasteiger partial charge in [-0.3, -0.25) is 0 Å². The van der Waals surface area contributed by atoms with E-state index in [0.29, 0.717) is 13.2 Å². The molecule has 0 aliphatic heterocycles. The van der Waals surface area contributed by atoms with Gasteiger partial charge in [-0.25, -0.2) is 8.78 Å². The molecule has 0 heterocycles. The minimum absolute atomic E-state index is 0.0143. The molecule has 2 N–H and O–H groups in total. The van der Waals surface area contributed by atoms with E-state index in [0.717, 1.165) is 12.8 Å². The number of nitrogens with zero attached hydrogens (tertiary/aromatic N) is 1. The molecule has 2 rings (SSSR count). The maximum absolute atomic E-state index is 14.1. The van der Waals surface area contributed by atoms with Crippen molar-refractivity contribution in [2.75, 3.05) is 25.2 Å². The highest BCUT2D eigenvalue weighted by molar-refractivity contribution is 7.80. The Bertz CT molecular complexity index is 469. The number of anilines is 1. The van der Waals surface area contributed by atoms with Gasteiger partial charge in [-0.15, -0.1) is 0 Å². The zero-order valence-corrected chi connectivity index (χ0v) is 11.5. The Balaban J connectivity index is 2.33. The number of ether oxygens (including phenoxy) is 1. The van der Waals surface area contributed by atoms with Gasteiger partial charge in [-0.05, 0) is 25.0 Å². The third-order valence-corrected chi connectivity index (χ3v) is 3.35. The van der Waals surface area contributed by atoms with E-state index in [1.54, 1.807) is 12.0 Å². The van der Waals surface area contributed by atoms with E-state index in [1.807, 2.05) is 0 Å². The number of nitrogens with two attached hydrogens (primary N) is 1. The molecular formula is C13H16F2N2OS. The van der Waals surface area contributed by atoms with Crippen molar-refractivity contribution in [3.63, 3.8) is 0 Å². The maximum Gasteiger partial charge on any atom is 0.150 e. The van der Waals surface area contributed by atoms with Crippen LogP contribution < -0.4 is 10.6 Å². The average Bonchev–Trinajstić information content (AvgIpc) is 3.16. The molecule has 1 aliphatic rings. The van der Waals surface area contributed by atoms with Gasteiger partial charge < -0.3 is 15.4 Å². The summed E-state index contributed by atoms with van der Waals surface area (Å²) in [7, 11) is 1.56. The van der Waals surface area contributed by atoms with Crippen molar-refractivity contribution in [2.45, 2.75) is 18.9 Å².